The first-order chi connectivity index (χ1) is 13.2. The Balaban J connectivity index is 1.65. The molecular weight excluding hydrogens is 348 g/mol. The number of anilines is 4. The van der Waals surface area contributed by atoms with Crippen molar-refractivity contribution < 1.29 is 14.2 Å². The molecule has 9 nitrogen and oxygen atoms in total. The summed E-state index contributed by atoms with van der Waals surface area (Å²) in [6, 6.07) is 5.48. The molecule has 1 fully saturated rings. The van der Waals surface area contributed by atoms with E-state index in [0.29, 0.717) is 28.8 Å². The van der Waals surface area contributed by atoms with Gasteiger partial charge in [-0.05, 0) is 12.1 Å². The minimum atomic E-state index is 0.456. The van der Waals surface area contributed by atoms with Crippen LogP contribution < -0.4 is 25.8 Å². The maximum absolute atomic E-state index is 6.25. The summed E-state index contributed by atoms with van der Waals surface area (Å²) < 4.78 is 16.0. The second-order valence-corrected chi connectivity index (χ2v) is 6.06. The van der Waals surface area contributed by atoms with Gasteiger partial charge in [0.15, 0.2) is 11.6 Å². The van der Waals surface area contributed by atoms with Crippen LogP contribution in [0.4, 0.5) is 23.0 Å². The van der Waals surface area contributed by atoms with Crippen LogP contribution in [0.2, 0.25) is 0 Å². The third kappa shape index (κ3) is 4.89. The van der Waals surface area contributed by atoms with Gasteiger partial charge < -0.3 is 30.6 Å². The molecule has 0 saturated carbocycles. The van der Waals surface area contributed by atoms with E-state index in [1.54, 1.807) is 20.3 Å². The summed E-state index contributed by atoms with van der Waals surface area (Å²) >= 11 is 0. The molecule has 1 saturated heterocycles. The first-order valence-electron chi connectivity index (χ1n) is 8.84. The lowest BCUT2D eigenvalue weighted by molar-refractivity contribution is 0.0398. The third-order valence-electron chi connectivity index (χ3n) is 4.37. The van der Waals surface area contributed by atoms with E-state index in [4.69, 9.17) is 19.9 Å². The molecule has 1 aromatic carbocycles. The lowest BCUT2D eigenvalue weighted by Gasteiger charge is -2.26. The largest absolute Gasteiger partial charge is 0.497 e. The number of nitrogens with two attached hydrogens (primary N) is 1. The van der Waals surface area contributed by atoms with E-state index in [2.05, 4.69) is 25.5 Å². The SMILES string of the molecule is COc1ccc(Nc2ncnc(NCCN3CCOCC3)c2N)c(OC)c1. The first-order valence-corrected chi connectivity index (χ1v) is 8.84. The van der Waals surface area contributed by atoms with Gasteiger partial charge in [0, 0.05) is 32.2 Å². The Bertz CT molecular complexity index is 752. The summed E-state index contributed by atoms with van der Waals surface area (Å²) in [6.45, 7) is 5.12. The predicted octanol–water partition coefficient (Wildman–Crippen LogP) is 1.56. The zero-order chi connectivity index (χ0) is 19.1. The minimum absolute atomic E-state index is 0.456. The molecule has 2 aromatic rings. The van der Waals surface area contributed by atoms with Crippen LogP contribution in [-0.2, 0) is 4.74 Å². The van der Waals surface area contributed by atoms with Gasteiger partial charge >= 0.3 is 0 Å². The van der Waals surface area contributed by atoms with Crippen LogP contribution in [0, 0.1) is 0 Å². The van der Waals surface area contributed by atoms with E-state index in [1.807, 2.05) is 12.1 Å². The fraction of sp³-hybridized carbons (Fsp3) is 0.444. The molecule has 0 amide bonds. The summed E-state index contributed by atoms with van der Waals surface area (Å²) in [5, 5.41) is 6.48. The Kier molecular flexibility index (Phi) is 6.50. The predicted molar refractivity (Wildman–Crippen MR) is 105 cm³/mol. The van der Waals surface area contributed by atoms with Crippen molar-refractivity contribution in [3.05, 3.63) is 24.5 Å². The number of rotatable bonds is 8. The molecular formula is C18H26N6O3. The molecule has 1 aliphatic heterocycles. The number of aromatic nitrogens is 2. The highest BCUT2D eigenvalue weighted by Crippen LogP contribution is 2.33. The highest BCUT2D eigenvalue weighted by molar-refractivity contribution is 5.79. The fourth-order valence-electron chi connectivity index (χ4n) is 2.82. The Morgan fingerprint density at radius 3 is 2.67 bits per heavy atom. The van der Waals surface area contributed by atoms with E-state index in [1.165, 1.54) is 6.33 Å². The van der Waals surface area contributed by atoms with Crippen molar-refractivity contribution in [1.82, 2.24) is 14.9 Å². The maximum Gasteiger partial charge on any atom is 0.159 e. The molecule has 0 atom stereocenters. The van der Waals surface area contributed by atoms with E-state index >= 15 is 0 Å². The van der Waals surface area contributed by atoms with Crippen LogP contribution in [0.15, 0.2) is 24.5 Å². The summed E-state index contributed by atoms with van der Waals surface area (Å²) in [4.78, 5) is 10.8. The van der Waals surface area contributed by atoms with Gasteiger partial charge in [0.1, 0.15) is 23.5 Å². The molecule has 1 aliphatic rings. The molecule has 0 bridgehead atoms. The number of ether oxygens (including phenoxy) is 3. The van der Waals surface area contributed by atoms with Gasteiger partial charge in [-0.1, -0.05) is 0 Å². The average molecular weight is 374 g/mol. The lowest BCUT2D eigenvalue weighted by atomic mass is 10.2. The van der Waals surface area contributed by atoms with Crippen LogP contribution in [0.25, 0.3) is 0 Å². The van der Waals surface area contributed by atoms with E-state index in [9.17, 15) is 0 Å². The zero-order valence-electron chi connectivity index (χ0n) is 15.7. The molecule has 0 spiro atoms. The van der Waals surface area contributed by atoms with Crippen molar-refractivity contribution in [2.24, 2.45) is 0 Å². The molecule has 4 N–H and O–H groups in total. The van der Waals surface area contributed by atoms with Crippen LogP contribution in [0.5, 0.6) is 11.5 Å². The number of nitrogen functional groups attached to an aromatic ring is 1. The minimum Gasteiger partial charge on any atom is -0.497 e. The summed E-state index contributed by atoms with van der Waals surface area (Å²) in [5.41, 5.74) is 7.44. The molecule has 1 aromatic heterocycles. The van der Waals surface area contributed by atoms with Crippen LogP contribution in [0.1, 0.15) is 0 Å². The van der Waals surface area contributed by atoms with Gasteiger partial charge in [0.2, 0.25) is 0 Å². The Labute approximate surface area is 158 Å². The highest BCUT2D eigenvalue weighted by atomic mass is 16.5. The normalized spacial score (nSPS) is 14.6. The Morgan fingerprint density at radius 1 is 1.15 bits per heavy atom. The number of nitrogens with one attached hydrogen (secondary N) is 2. The van der Waals surface area contributed by atoms with Crippen molar-refractivity contribution in [2.45, 2.75) is 0 Å². The highest BCUT2D eigenvalue weighted by Gasteiger charge is 2.13. The second kappa shape index (κ2) is 9.24. The Hall–Kier alpha value is -2.78. The third-order valence-corrected chi connectivity index (χ3v) is 4.37. The quantitative estimate of drug-likeness (QED) is 0.634. The van der Waals surface area contributed by atoms with Gasteiger partial charge in [-0.3, -0.25) is 4.90 Å². The molecule has 0 aliphatic carbocycles. The number of morpholine rings is 1. The summed E-state index contributed by atoms with van der Waals surface area (Å²) in [7, 11) is 3.21. The summed E-state index contributed by atoms with van der Waals surface area (Å²) in [5.74, 6) is 2.46. The average Bonchev–Trinajstić information content (AvgIpc) is 2.71. The van der Waals surface area contributed by atoms with Gasteiger partial charge in [0.05, 0.1) is 33.1 Å². The second-order valence-electron chi connectivity index (χ2n) is 6.06. The number of benzene rings is 1. The Morgan fingerprint density at radius 2 is 1.93 bits per heavy atom. The van der Waals surface area contributed by atoms with Gasteiger partial charge in [-0.15, -0.1) is 0 Å². The van der Waals surface area contributed by atoms with E-state index in [0.717, 1.165) is 45.1 Å². The molecule has 2 heterocycles. The standard InChI is InChI=1S/C18H26N6O3/c1-25-13-3-4-14(15(11-13)26-2)23-18-16(19)17(21-12-22-18)20-5-6-24-7-9-27-10-8-24/h3-4,11-12H,5-10,19H2,1-2H3,(H2,20,21,22,23). The van der Waals surface area contributed by atoms with Gasteiger partial charge in [0.25, 0.3) is 0 Å². The molecule has 0 radical (unpaired) electrons. The maximum atomic E-state index is 6.25. The smallest absolute Gasteiger partial charge is 0.159 e. The number of methoxy groups -OCH3 is 2. The number of nitrogens with zero attached hydrogens (tertiary/aromatic N) is 3. The van der Waals surface area contributed by atoms with Gasteiger partial charge in [-0.2, -0.15) is 0 Å². The van der Waals surface area contributed by atoms with E-state index < -0.39 is 0 Å². The van der Waals surface area contributed by atoms with Crippen LogP contribution >= 0.6 is 0 Å². The molecule has 3 rings (SSSR count). The summed E-state index contributed by atoms with van der Waals surface area (Å²) in [6.07, 6.45) is 1.48. The van der Waals surface area contributed by atoms with Crippen molar-refractivity contribution in [2.75, 3.05) is 70.0 Å². The van der Waals surface area contributed by atoms with Crippen molar-refractivity contribution in [3.63, 3.8) is 0 Å². The fourth-order valence-corrected chi connectivity index (χ4v) is 2.82. The van der Waals surface area contributed by atoms with E-state index in [-0.39, 0.29) is 0 Å². The van der Waals surface area contributed by atoms with Crippen LogP contribution in [0.3, 0.4) is 0 Å². The number of hydrogen-bond acceptors (Lipinski definition) is 9. The molecule has 146 valence electrons. The van der Waals surface area contributed by atoms with Crippen molar-refractivity contribution in [1.29, 1.82) is 0 Å². The van der Waals surface area contributed by atoms with Gasteiger partial charge in [-0.25, -0.2) is 9.97 Å². The van der Waals surface area contributed by atoms with Crippen molar-refractivity contribution >= 4 is 23.0 Å². The topological polar surface area (TPSA) is 107 Å². The molecule has 0 unspecified atom stereocenters. The monoisotopic (exact) mass is 374 g/mol. The van der Waals surface area contributed by atoms with Crippen molar-refractivity contribution in [3.8, 4) is 11.5 Å². The lowest BCUT2D eigenvalue weighted by Crippen LogP contribution is -2.39. The molecule has 9 heteroatoms. The zero-order valence-corrected chi connectivity index (χ0v) is 15.7. The molecule has 27 heavy (non-hydrogen) atoms. The first kappa shape index (κ1) is 19.0. The van der Waals surface area contributed by atoms with Crippen LogP contribution in [-0.4, -0.2) is 68.5 Å². The number of hydrogen-bond donors (Lipinski definition) is 3.